The van der Waals surface area contributed by atoms with Gasteiger partial charge in [-0.2, -0.15) is 0 Å². The first-order valence-electron chi connectivity index (χ1n) is 9.17. The van der Waals surface area contributed by atoms with Crippen LogP contribution in [0.2, 0.25) is 5.02 Å². The maximum Gasteiger partial charge on any atom is 0.352 e. The maximum absolute atomic E-state index is 12.7. The average Bonchev–Trinajstić information content (AvgIpc) is 3.21. The third-order valence-corrected chi connectivity index (χ3v) is 5.85. The van der Waals surface area contributed by atoms with Crippen molar-refractivity contribution in [2.24, 2.45) is 0 Å². The number of hydrogen-bond acceptors (Lipinski definition) is 5. The number of thiophene rings is 1. The van der Waals surface area contributed by atoms with Gasteiger partial charge >= 0.3 is 5.97 Å². The molecular formula is C23H20ClNO5S. The summed E-state index contributed by atoms with van der Waals surface area (Å²) < 4.78 is 10.5. The normalized spacial score (nSPS) is 11.2. The van der Waals surface area contributed by atoms with E-state index in [1.165, 1.54) is 37.7 Å². The van der Waals surface area contributed by atoms with E-state index >= 15 is 0 Å². The van der Waals surface area contributed by atoms with Crippen molar-refractivity contribution in [3.8, 4) is 21.9 Å². The first kappa shape index (κ1) is 22.4. The summed E-state index contributed by atoms with van der Waals surface area (Å²) in [5.41, 5.74) is 1.56. The molecule has 3 aromatic rings. The molecule has 0 fully saturated rings. The molecule has 0 aliphatic heterocycles. The number of rotatable bonds is 7. The van der Waals surface area contributed by atoms with Crippen LogP contribution in [0.25, 0.3) is 16.5 Å². The van der Waals surface area contributed by atoms with E-state index in [-0.39, 0.29) is 11.3 Å². The van der Waals surface area contributed by atoms with Crippen molar-refractivity contribution in [2.75, 3.05) is 14.2 Å². The minimum absolute atomic E-state index is 0.245. The predicted molar refractivity (Wildman–Crippen MR) is 122 cm³/mol. The summed E-state index contributed by atoms with van der Waals surface area (Å²) in [6, 6.07) is 14.1. The lowest BCUT2D eigenvalue weighted by Crippen LogP contribution is -2.27. The topological polar surface area (TPSA) is 84.9 Å². The molecule has 2 aromatic carbocycles. The fourth-order valence-electron chi connectivity index (χ4n) is 3.01. The van der Waals surface area contributed by atoms with Crippen LogP contribution < -0.4 is 14.8 Å². The lowest BCUT2D eigenvalue weighted by Gasteiger charge is -2.13. The van der Waals surface area contributed by atoms with Gasteiger partial charge in [0.2, 0.25) is 0 Å². The number of nitrogens with one attached hydrogen (secondary N) is 1. The van der Waals surface area contributed by atoms with E-state index in [0.29, 0.717) is 27.0 Å². The lowest BCUT2D eigenvalue weighted by molar-refractivity contribution is -0.132. The number of carbonyl (C=O) groups excluding carboxylic acids is 1. The summed E-state index contributed by atoms with van der Waals surface area (Å²) in [6.45, 7) is 1.77. The van der Waals surface area contributed by atoms with Gasteiger partial charge in [-0.15, -0.1) is 11.3 Å². The standard InChI is InChI=1S/C23H20ClNO5S/c1-13-10-14(11-19(29-2)21(13)30-3)22(26)25-18(23(27)28)12-15-8-9-20(31-15)16-6-4-5-7-17(16)24/h4-12H,1-3H3,(H,25,26)(H,27,28)/b18-12-. The van der Waals surface area contributed by atoms with Crippen LogP contribution in [0.5, 0.6) is 11.5 Å². The Bertz CT molecular complexity index is 1170. The average molecular weight is 458 g/mol. The van der Waals surface area contributed by atoms with Crippen LogP contribution in [0.1, 0.15) is 20.8 Å². The number of halogens is 1. The molecule has 0 aliphatic carbocycles. The summed E-state index contributed by atoms with van der Waals surface area (Å²) >= 11 is 7.61. The summed E-state index contributed by atoms with van der Waals surface area (Å²) in [6.07, 6.45) is 1.42. The van der Waals surface area contributed by atoms with Crippen LogP contribution in [0, 0.1) is 6.92 Å². The highest BCUT2D eigenvalue weighted by Gasteiger charge is 2.18. The summed E-state index contributed by atoms with van der Waals surface area (Å²) in [5.74, 6) is -0.922. The van der Waals surface area contributed by atoms with Crippen molar-refractivity contribution < 1.29 is 24.2 Å². The zero-order valence-corrected chi connectivity index (χ0v) is 18.6. The number of carboxylic acid groups (broad SMARTS) is 1. The lowest BCUT2D eigenvalue weighted by atomic mass is 10.1. The molecule has 1 aromatic heterocycles. The van der Waals surface area contributed by atoms with Gasteiger partial charge < -0.3 is 19.9 Å². The highest BCUT2D eigenvalue weighted by molar-refractivity contribution is 7.16. The van der Waals surface area contributed by atoms with Crippen molar-refractivity contribution in [1.82, 2.24) is 5.32 Å². The largest absolute Gasteiger partial charge is 0.493 e. The van der Waals surface area contributed by atoms with Gasteiger partial charge in [0.25, 0.3) is 5.91 Å². The number of benzene rings is 2. The number of aliphatic carboxylic acids is 1. The Morgan fingerprint density at radius 1 is 1.10 bits per heavy atom. The van der Waals surface area contributed by atoms with Gasteiger partial charge in [0.15, 0.2) is 11.5 Å². The van der Waals surface area contributed by atoms with Gasteiger partial charge in [-0.1, -0.05) is 29.8 Å². The molecule has 8 heteroatoms. The van der Waals surface area contributed by atoms with Gasteiger partial charge in [0.1, 0.15) is 5.70 Å². The molecule has 2 N–H and O–H groups in total. The second-order valence-electron chi connectivity index (χ2n) is 6.53. The second-order valence-corrected chi connectivity index (χ2v) is 8.05. The van der Waals surface area contributed by atoms with E-state index in [4.69, 9.17) is 21.1 Å². The smallest absolute Gasteiger partial charge is 0.352 e. The van der Waals surface area contributed by atoms with E-state index in [0.717, 1.165) is 10.4 Å². The van der Waals surface area contributed by atoms with Crippen LogP contribution in [0.3, 0.4) is 0 Å². The molecule has 0 spiro atoms. The fraction of sp³-hybridized carbons (Fsp3) is 0.130. The third kappa shape index (κ3) is 5.07. The highest BCUT2D eigenvalue weighted by atomic mass is 35.5. The summed E-state index contributed by atoms with van der Waals surface area (Å²) in [7, 11) is 2.97. The molecule has 0 saturated carbocycles. The monoisotopic (exact) mass is 457 g/mol. The van der Waals surface area contributed by atoms with Crippen molar-refractivity contribution in [2.45, 2.75) is 6.92 Å². The Hall–Kier alpha value is -3.29. The Balaban J connectivity index is 1.88. The zero-order chi connectivity index (χ0) is 22.5. The molecule has 0 unspecified atom stereocenters. The van der Waals surface area contributed by atoms with E-state index in [1.54, 1.807) is 25.1 Å². The molecule has 3 rings (SSSR count). The molecule has 0 atom stereocenters. The van der Waals surface area contributed by atoms with Crippen molar-refractivity contribution in [3.05, 3.63) is 75.3 Å². The number of carboxylic acids is 1. The molecule has 160 valence electrons. The van der Waals surface area contributed by atoms with E-state index < -0.39 is 11.9 Å². The molecule has 0 bridgehead atoms. The van der Waals surface area contributed by atoms with Crippen molar-refractivity contribution >= 4 is 40.9 Å². The molecule has 31 heavy (non-hydrogen) atoms. The number of aryl methyl sites for hydroxylation is 1. The quantitative estimate of drug-likeness (QED) is 0.473. The molecule has 6 nitrogen and oxygen atoms in total. The SMILES string of the molecule is COc1cc(C(=O)N/C(=C\c2ccc(-c3ccccc3Cl)s2)C(=O)O)cc(C)c1OC. The summed E-state index contributed by atoms with van der Waals surface area (Å²) in [5, 5.41) is 12.7. The predicted octanol–water partition coefficient (Wildman–Crippen LogP) is 5.25. The van der Waals surface area contributed by atoms with Gasteiger partial charge in [0, 0.05) is 25.9 Å². The van der Waals surface area contributed by atoms with Gasteiger partial charge in [-0.05, 0) is 48.9 Å². The Morgan fingerprint density at radius 2 is 1.84 bits per heavy atom. The number of ether oxygens (including phenoxy) is 2. The first-order valence-corrected chi connectivity index (χ1v) is 10.4. The molecule has 0 saturated heterocycles. The van der Waals surface area contributed by atoms with Gasteiger partial charge in [0.05, 0.1) is 14.2 Å². The minimum atomic E-state index is -1.25. The number of carbonyl (C=O) groups is 2. The molecule has 1 amide bonds. The van der Waals surface area contributed by atoms with Crippen LogP contribution in [-0.4, -0.2) is 31.2 Å². The Labute approximate surface area is 188 Å². The zero-order valence-electron chi connectivity index (χ0n) is 17.1. The Kier molecular flexibility index (Phi) is 6.99. The number of hydrogen-bond donors (Lipinski definition) is 2. The van der Waals surface area contributed by atoms with Crippen molar-refractivity contribution in [3.63, 3.8) is 0 Å². The maximum atomic E-state index is 12.7. The van der Waals surface area contributed by atoms with Crippen LogP contribution >= 0.6 is 22.9 Å². The van der Waals surface area contributed by atoms with E-state index in [1.807, 2.05) is 24.3 Å². The van der Waals surface area contributed by atoms with Gasteiger partial charge in [-0.3, -0.25) is 4.79 Å². The third-order valence-electron chi connectivity index (χ3n) is 4.46. The van der Waals surface area contributed by atoms with Crippen LogP contribution in [0.4, 0.5) is 0 Å². The van der Waals surface area contributed by atoms with Crippen LogP contribution in [0.15, 0.2) is 54.2 Å². The second kappa shape index (κ2) is 9.68. The molecule has 0 radical (unpaired) electrons. The molecular weight excluding hydrogens is 438 g/mol. The fourth-order valence-corrected chi connectivity index (χ4v) is 4.29. The number of amides is 1. The summed E-state index contributed by atoms with van der Waals surface area (Å²) in [4.78, 5) is 26.0. The van der Waals surface area contributed by atoms with Crippen LogP contribution in [-0.2, 0) is 4.79 Å². The Morgan fingerprint density at radius 3 is 2.48 bits per heavy atom. The number of methoxy groups -OCH3 is 2. The van der Waals surface area contributed by atoms with Gasteiger partial charge in [-0.25, -0.2) is 4.79 Å². The highest BCUT2D eigenvalue weighted by Crippen LogP contribution is 2.34. The van der Waals surface area contributed by atoms with E-state index in [9.17, 15) is 14.7 Å². The van der Waals surface area contributed by atoms with Crippen molar-refractivity contribution in [1.29, 1.82) is 0 Å². The first-order chi connectivity index (χ1) is 14.8. The minimum Gasteiger partial charge on any atom is -0.493 e. The molecule has 0 aliphatic rings. The van der Waals surface area contributed by atoms with E-state index in [2.05, 4.69) is 5.32 Å². The molecule has 1 heterocycles.